The van der Waals surface area contributed by atoms with Crippen LogP contribution in [0.3, 0.4) is 0 Å². The van der Waals surface area contributed by atoms with E-state index in [1.54, 1.807) is 0 Å². The van der Waals surface area contributed by atoms with Crippen LogP contribution >= 0.6 is 0 Å². The zero-order valence-corrected chi connectivity index (χ0v) is 17.2. The Kier molecular flexibility index (Phi) is 4.91. The van der Waals surface area contributed by atoms with Gasteiger partial charge >= 0.3 is 6.03 Å². The van der Waals surface area contributed by atoms with Gasteiger partial charge in [0.15, 0.2) is 6.29 Å². The molecule has 1 fully saturated rings. The SMILES string of the molecule is CCN(CC)C(=O)N[C@H]1C[C@@H]2c3cccc4c3c(c(C=O)n4C)C[C@H]2N(C)C1. The van der Waals surface area contributed by atoms with Gasteiger partial charge in [-0.25, -0.2) is 4.79 Å². The van der Waals surface area contributed by atoms with Crippen LogP contribution in [-0.2, 0) is 13.5 Å². The molecular formula is C22H30N4O2. The first-order valence-corrected chi connectivity index (χ1v) is 10.3. The fraction of sp³-hybridized carbons (Fsp3) is 0.545. The predicted molar refractivity (Wildman–Crippen MR) is 111 cm³/mol. The van der Waals surface area contributed by atoms with Crippen LogP contribution in [-0.4, -0.2) is 65.4 Å². The summed E-state index contributed by atoms with van der Waals surface area (Å²) in [6.07, 6.45) is 2.82. The van der Waals surface area contributed by atoms with Crippen molar-refractivity contribution in [1.82, 2.24) is 19.7 Å². The predicted octanol–water partition coefficient (Wildman–Crippen LogP) is 2.75. The molecule has 6 heteroatoms. The summed E-state index contributed by atoms with van der Waals surface area (Å²) >= 11 is 0. The molecule has 150 valence electrons. The maximum Gasteiger partial charge on any atom is 0.317 e. The number of piperidine rings is 1. The summed E-state index contributed by atoms with van der Waals surface area (Å²) in [4.78, 5) is 28.5. The Morgan fingerprint density at radius 1 is 1.29 bits per heavy atom. The van der Waals surface area contributed by atoms with E-state index in [9.17, 15) is 9.59 Å². The van der Waals surface area contributed by atoms with E-state index in [0.29, 0.717) is 12.0 Å². The minimum absolute atomic E-state index is 0.0273. The number of hydrogen-bond acceptors (Lipinski definition) is 3. The number of fused-ring (bicyclic) bond motifs is 2. The molecule has 28 heavy (non-hydrogen) atoms. The van der Waals surface area contributed by atoms with Gasteiger partial charge in [0.05, 0.1) is 5.69 Å². The molecule has 2 heterocycles. The average molecular weight is 383 g/mol. The molecule has 0 saturated carbocycles. The van der Waals surface area contributed by atoms with E-state index in [0.717, 1.165) is 50.0 Å². The Labute approximate surface area is 166 Å². The van der Waals surface area contributed by atoms with Crippen molar-refractivity contribution in [2.24, 2.45) is 7.05 Å². The number of likely N-dealkylation sites (N-methyl/N-ethyl adjacent to an activating group) is 1. The minimum Gasteiger partial charge on any atom is -0.341 e. The first kappa shape index (κ1) is 19.0. The van der Waals surface area contributed by atoms with Crippen LogP contribution in [0.5, 0.6) is 0 Å². The van der Waals surface area contributed by atoms with Crippen molar-refractivity contribution in [1.29, 1.82) is 0 Å². The molecule has 0 spiro atoms. The Morgan fingerprint density at radius 2 is 2.04 bits per heavy atom. The Balaban J connectivity index is 1.69. The van der Waals surface area contributed by atoms with Crippen LogP contribution in [0.15, 0.2) is 18.2 Å². The van der Waals surface area contributed by atoms with Crippen LogP contribution in [0, 0.1) is 0 Å². The van der Waals surface area contributed by atoms with Gasteiger partial charge in [-0.15, -0.1) is 0 Å². The fourth-order valence-electron chi connectivity index (χ4n) is 5.34. The summed E-state index contributed by atoms with van der Waals surface area (Å²) in [6, 6.07) is 6.92. The number of rotatable bonds is 4. The highest BCUT2D eigenvalue weighted by atomic mass is 16.2. The highest BCUT2D eigenvalue weighted by Gasteiger charge is 2.41. The monoisotopic (exact) mass is 382 g/mol. The van der Waals surface area contributed by atoms with E-state index >= 15 is 0 Å². The largest absolute Gasteiger partial charge is 0.341 e. The highest BCUT2D eigenvalue weighted by molar-refractivity contribution is 5.96. The molecular weight excluding hydrogens is 352 g/mol. The molecule has 1 N–H and O–H groups in total. The molecule has 1 aromatic carbocycles. The highest BCUT2D eigenvalue weighted by Crippen LogP contribution is 2.44. The van der Waals surface area contributed by atoms with Crippen molar-refractivity contribution >= 4 is 23.2 Å². The number of nitrogens with zero attached hydrogens (tertiary/aromatic N) is 3. The lowest BCUT2D eigenvalue weighted by atomic mass is 9.73. The molecule has 3 atom stereocenters. The second-order valence-electron chi connectivity index (χ2n) is 8.15. The van der Waals surface area contributed by atoms with Crippen LogP contribution in [0.2, 0.25) is 0 Å². The average Bonchev–Trinajstić information content (AvgIpc) is 2.96. The zero-order chi connectivity index (χ0) is 20.0. The van der Waals surface area contributed by atoms with E-state index in [1.165, 1.54) is 16.5 Å². The number of amides is 2. The number of hydrogen-bond donors (Lipinski definition) is 1. The van der Waals surface area contributed by atoms with Gasteiger partial charge < -0.3 is 19.7 Å². The van der Waals surface area contributed by atoms with Gasteiger partial charge in [-0.05, 0) is 50.9 Å². The Hall–Kier alpha value is -2.34. The van der Waals surface area contributed by atoms with Gasteiger partial charge in [-0.1, -0.05) is 12.1 Å². The summed E-state index contributed by atoms with van der Waals surface area (Å²) in [5.41, 5.74) is 4.43. The molecule has 0 radical (unpaired) electrons. The maximum atomic E-state index is 12.6. The summed E-state index contributed by atoms with van der Waals surface area (Å²) in [7, 11) is 4.12. The Bertz CT molecular complexity index is 915. The van der Waals surface area contributed by atoms with E-state index in [2.05, 4.69) is 35.5 Å². The van der Waals surface area contributed by atoms with Crippen molar-refractivity contribution in [3.63, 3.8) is 0 Å². The first-order valence-electron chi connectivity index (χ1n) is 10.3. The third kappa shape index (κ3) is 2.82. The summed E-state index contributed by atoms with van der Waals surface area (Å²) in [6.45, 7) is 6.30. The molecule has 2 aliphatic rings. The molecule has 1 aromatic heterocycles. The lowest BCUT2D eigenvalue weighted by molar-refractivity contribution is 0.110. The molecule has 0 bridgehead atoms. The smallest absolute Gasteiger partial charge is 0.317 e. The van der Waals surface area contributed by atoms with Gasteiger partial charge in [0.2, 0.25) is 0 Å². The third-order valence-electron chi connectivity index (χ3n) is 6.79. The lowest BCUT2D eigenvalue weighted by Crippen LogP contribution is -2.56. The molecule has 0 unspecified atom stereocenters. The molecule has 1 aliphatic heterocycles. The summed E-state index contributed by atoms with van der Waals surface area (Å²) in [5, 5.41) is 4.50. The number of nitrogens with one attached hydrogen (secondary N) is 1. The van der Waals surface area contributed by atoms with Gasteiger partial charge in [-0.2, -0.15) is 0 Å². The normalized spacial score (nSPS) is 24.1. The Morgan fingerprint density at radius 3 is 2.71 bits per heavy atom. The van der Waals surface area contributed by atoms with Crippen molar-refractivity contribution in [3.05, 3.63) is 35.0 Å². The van der Waals surface area contributed by atoms with Crippen LogP contribution < -0.4 is 5.32 Å². The number of aryl methyl sites for hydroxylation is 1. The van der Waals surface area contributed by atoms with Crippen molar-refractivity contribution in [2.75, 3.05) is 26.7 Å². The van der Waals surface area contributed by atoms with Crippen molar-refractivity contribution < 1.29 is 9.59 Å². The summed E-state index contributed by atoms with van der Waals surface area (Å²) in [5.74, 6) is 0.360. The van der Waals surface area contributed by atoms with Crippen molar-refractivity contribution in [3.8, 4) is 0 Å². The van der Waals surface area contributed by atoms with Crippen molar-refractivity contribution in [2.45, 2.75) is 44.7 Å². The van der Waals surface area contributed by atoms with E-state index in [1.807, 2.05) is 30.4 Å². The molecule has 6 nitrogen and oxygen atoms in total. The number of carbonyl (C=O) groups excluding carboxylic acids is 2. The lowest BCUT2D eigenvalue weighted by Gasteiger charge is -2.46. The first-order chi connectivity index (χ1) is 13.5. The molecule has 2 aromatic rings. The molecule has 2 amide bonds. The van der Waals surface area contributed by atoms with Gasteiger partial charge in [0.1, 0.15) is 0 Å². The second-order valence-corrected chi connectivity index (χ2v) is 8.15. The fourth-order valence-corrected chi connectivity index (χ4v) is 5.34. The number of urea groups is 1. The van der Waals surface area contributed by atoms with Crippen LogP contribution in [0.4, 0.5) is 4.79 Å². The number of aldehydes is 1. The number of aromatic nitrogens is 1. The van der Waals surface area contributed by atoms with E-state index in [-0.39, 0.29) is 12.1 Å². The molecule has 4 rings (SSSR count). The minimum atomic E-state index is 0.0273. The molecule has 1 aliphatic carbocycles. The van der Waals surface area contributed by atoms with Gasteiger partial charge in [0, 0.05) is 55.6 Å². The van der Waals surface area contributed by atoms with Gasteiger partial charge in [0.25, 0.3) is 0 Å². The van der Waals surface area contributed by atoms with Crippen LogP contribution in [0.25, 0.3) is 10.9 Å². The van der Waals surface area contributed by atoms with E-state index in [4.69, 9.17) is 0 Å². The van der Waals surface area contributed by atoms with Gasteiger partial charge in [-0.3, -0.25) is 4.79 Å². The number of benzene rings is 1. The van der Waals surface area contributed by atoms with Crippen LogP contribution in [0.1, 0.15) is 47.8 Å². The van der Waals surface area contributed by atoms with E-state index < -0.39 is 0 Å². The standard InChI is InChI=1S/C22H30N4O2/c1-5-26(6-2)22(28)23-14-10-16-15-8-7-9-18-21(15)17(20(13-27)25(18)4)11-19(16)24(3)12-14/h7-9,13-14,16,19H,5-6,10-12H2,1-4H3,(H,23,28)/t14-,16+,19+/m0/s1. The summed E-state index contributed by atoms with van der Waals surface area (Å²) < 4.78 is 2.03. The third-order valence-corrected chi connectivity index (χ3v) is 6.79. The quantitative estimate of drug-likeness (QED) is 0.828. The number of carbonyl (C=O) groups is 2. The zero-order valence-electron chi connectivity index (χ0n) is 17.2. The second kappa shape index (κ2) is 7.24. The molecule has 1 saturated heterocycles. The maximum absolute atomic E-state index is 12.6. The number of likely N-dealkylation sites (tertiary alicyclic amines) is 1. The topological polar surface area (TPSA) is 57.6 Å².